The Balaban J connectivity index is 1.95. The summed E-state index contributed by atoms with van der Waals surface area (Å²) >= 11 is 0. The van der Waals surface area contributed by atoms with E-state index in [9.17, 15) is 9.59 Å². The molecule has 2 rings (SSSR count). The van der Waals surface area contributed by atoms with Crippen molar-refractivity contribution in [3.05, 3.63) is 24.2 Å². The van der Waals surface area contributed by atoms with Gasteiger partial charge in [-0.25, -0.2) is 4.79 Å². The molecule has 0 unspecified atom stereocenters. The molecular formula is C12H16N2O4. The Kier molecular flexibility index (Phi) is 3.86. The third kappa shape index (κ3) is 2.64. The molecule has 1 saturated heterocycles. The largest absolute Gasteiger partial charge is 0.468 e. The molecule has 1 aliphatic rings. The third-order valence-electron chi connectivity index (χ3n) is 3.00. The van der Waals surface area contributed by atoms with Crippen LogP contribution in [-0.2, 0) is 9.53 Å². The van der Waals surface area contributed by atoms with Crippen molar-refractivity contribution in [2.24, 2.45) is 0 Å². The zero-order chi connectivity index (χ0) is 13.0. The minimum absolute atomic E-state index is 0.0438. The van der Waals surface area contributed by atoms with Crippen LogP contribution in [0.15, 0.2) is 22.8 Å². The van der Waals surface area contributed by atoms with E-state index in [1.807, 2.05) is 6.07 Å². The Labute approximate surface area is 105 Å². The maximum atomic E-state index is 11.9. The van der Waals surface area contributed by atoms with Gasteiger partial charge in [-0.2, -0.15) is 0 Å². The van der Waals surface area contributed by atoms with Gasteiger partial charge in [0.15, 0.2) is 0 Å². The van der Waals surface area contributed by atoms with E-state index < -0.39 is 5.97 Å². The molecule has 1 aliphatic heterocycles. The van der Waals surface area contributed by atoms with Gasteiger partial charge in [-0.1, -0.05) is 0 Å². The third-order valence-corrected chi connectivity index (χ3v) is 3.00. The number of hydrogen-bond acceptors (Lipinski definition) is 4. The summed E-state index contributed by atoms with van der Waals surface area (Å²) in [5.74, 6) is 0.317. The van der Waals surface area contributed by atoms with Crippen LogP contribution in [0.2, 0.25) is 0 Å². The molecule has 0 spiro atoms. The van der Waals surface area contributed by atoms with Crippen molar-refractivity contribution < 1.29 is 18.7 Å². The first kappa shape index (κ1) is 12.5. The fraction of sp³-hybridized carbons (Fsp3) is 0.500. The fourth-order valence-corrected chi connectivity index (χ4v) is 2.11. The lowest BCUT2D eigenvalue weighted by Gasteiger charge is -2.23. The number of methoxy groups -OCH3 is 1. The number of urea groups is 1. The number of nitrogens with zero attached hydrogens (tertiary/aromatic N) is 1. The first-order valence-electron chi connectivity index (χ1n) is 5.87. The van der Waals surface area contributed by atoms with E-state index >= 15 is 0 Å². The minimum Gasteiger partial charge on any atom is -0.468 e. The average Bonchev–Trinajstić information content (AvgIpc) is 3.04. The maximum absolute atomic E-state index is 11.9. The van der Waals surface area contributed by atoms with E-state index in [-0.39, 0.29) is 18.6 Å². The Morgan fingerprint density at radius 2 is 2.44 bits per heavy atom. The van der Waals surface area contributed by atoms with Gasteiger partial charge in [0, 0.05) is 6.54 Å². The molecule has 2 heterocycles. The number of likely N-dealkylation sites (tertiary alicyclic amines) is 1. The lowest BCUT2D eigenvalue weighted by molar-refractivity contribution is -0.139. The van der Waals surface area contributed by atoms with Crippen LogP contribution in [0.4, 0.5) is 4.79 Å². The van der Waals surface area contributed by atoms with Gasteiger partial charge in [0.05, 0.1) is 19.4 Å². The molecule has 0 aromatic carbocycles. The highest BCUT2D eigenvalue weighted by atomic mass is 16.5. The number of carbonyl (C=O) groups excluding carboxylic acids is 2. The van der Waals surface area contributed by atoms with Crippen molar-refractivity contribution >= 4 is 12.0 Å². The second-order valence-electron chi connectivity index (χ2n) is 4.10. The smallest absolute Gasteiger partial charge is 0.325 e. The summed E-state index contributed by atoms with van der Waals surface area (Å²) in [4.78, 5) is 24.6. The molecule has 6 nitrogen and oxygen atoms in total. The highest BCUT2D eigenvalue weighted by Gasteiger charge is 2.31. The topological polar surface area (TPSA) is 71.8 Å². The van der Waals surface area contributed by atoms with Gasteiger partial charge in [-0.3, -0.25) is 4.79 Å². The molecule has 0 radical (unpaired) electrons. The molecule has 1 atom stereocenters. The summed E-state index contributed by atoms with van der Waals surface area (Å²) in [6.45, 7) is 0.551. The molecular weight excluding hydrogens is 236 g/mol. The van der Waals surface area contributed by atoms with Crippen LogP contribution in [0.1, 0.15) is 24.6 Å². The molecule has 0 bridgehead atoms. The van der Waals surface area contributed by atoms with Crippen molar-refractivity contribution in [3.63, 3.8) is 0 Å². The maximum Gasteiger partial charge on any atom is 0.325 e. The summed E-state index contributed by atoms with van der Waals surface area (Å²) in [5, 5.41) is 2.54. The van der Waals surface area contributed by atoms with Crippen LogP contribution in [-0.4, -0.2) is 37.1 Å². The number of amides is 2. The lowest BCUT2D eigenvalue weighted by atomic mass is 10.2. The van der Waals surface area contributed by atoms with Crippen LogP contribution in [0, 0.1) is 0 Å². The second kappa shape index (κ2) is 5.57. The van der Waals surface area contributed by atoms with E-state index in [0.29, 0.717) is 6.54 Å². The fourth-order valence-electron chi connectivity index (χ4n) is 2.11. The summed E-state index contributed by atoms with van der Waals surface area (Å²) in [6, 6.07) is 3.35. The SMILES string of the molecule is COC(=O)CNC(=O)N1CCC[C@H]1c1ccco1. The van der Waals surface area contributed by atoms with E-state index in [1.165, 1.54) is 7.11 Å². The molecule has 6 heteroatoms. The number of furan rings is 1. The number of nitrogens with one attached hydrogen (secondary N) is 1. The van der Waals surface area contributed by atoms with Crippen LogP contribution < -0.4 is 5.32 Å². The number of ether oxygens (including phenoxy) is 1. The van der Waals surface area contributed by atoms with Gasteiger partial charge in [-0.15, -0.1) is 0 Å². The number of rotatable bonds is 3. The van der Waals surface area contributed by atoms with Crippen molar-refractivity contribution in [3.8, 4) is 0 Å². The van der Waals surface area contributed by atoms with E-state index in [1.54, 1.807) is 17.2 Å². The van der Waals surface area contributed by atoms with Crippen molar-refractivity contribution in [1.82, 2.24) is 10.2 Å². The van der Waals surface area contributed by atoms with Gasteiger partial charge in [0.25, 0.3) is 0 Å². The Morgan fingerprint density at radius 1 is 1.61 bits per heavy atom. The normalized spacial score (nSPS) is 18.7. The van der Waals surface area contributed by atoms with Crippen molar-refractivity contribution in [2.45, 2.75) is 18.9 Å². The molecule has 18 heavy (non-hydrogen) atoms. The summed E-state index contributed by atoms with van der Waals surface area (Å²) in [6.07, 6.45) is 3.40. The highest BCUT2D eigenvalue weighted by Crippen LogP contribution is 2.31. The molecule has 2 amide bonds. The summed E-state index contributed by atoms with van der Waals surface area (Å²) < 4.78 is 9.80. The second-order valence-corrected chi connectivity index (χ2v) is 4.10. The van der Waals surface area contributed by atoms with Gasteiger partial charge in [0.1, 0.15) is 12.3 Å². The summed E-state index contributed by atoms with van der Waals surface area (Å²) in [7, 11) is 1.29. The minimum atomic E-state index is -0.461. The lowest BCUT2D eigenvalue weighted by Crippen LogP contribution is -2.41. The first-order valence-corrected chi connectivity index (χ1v) is 5.87. The highest BCUT2D eigenvalue weighted by molar-refractivity contribution is 5.81. The molecule has 1 fully saturated rings. The van der Waals surface area contributed by atoms with Gasteiger partial charge < -0.3 is 19.4 Å². The van der Waals surface area contributed by atoms with Crippen molar-refractivity contribution in [1.29, 1.82) is 0 Å². The molecule has 0 aliphatic carbocycles. The quantitative estimate of drug-likeness (QED) is 0.823. The standard InChI is InChI=1S/C12H16N2O4/c1-17-11(15)8-13-12(16)14-6-2-4-9(14)10-5-3-7-18-10/h3,5,7,9H,2,4,6,8H2,1H3,(H,13,16)/t9-/m0/s1. The van der Waals surface area contributed by atoms with Crippen LogP contribution >= 0.6 is 0 Å². The van der Waals surface area contributed by atoms with Gasteiger partial charge in [0.2, 0.25) is 0 Å². The van der Waals surface area contributed by atoms with Gasteiger partial charge in [-0.05, 0) is 25.0 Å². The van der Waals surface area contributed by atoms with Crippen molar-refractivity contribution in [2.75, 3.05) is 20.2 Å². The van der Waals surface area contributed by atoms with Crippen LogP contribution in [0.5, 0.6) is 0 Å². The number of esters is 1. The van der Waals surface area contributed by atoms with E-state index in [4.69, 9.17) is 4.42 Å². The van der Waals surface area contributed by atoms with Crippen LogP contribution in [0.3, 0.4) is 0 Å². The Morgan fingerprint density at radius 3 is 3.11 bits per heavy atom. The van der Waals surface area contributed by atoms with E-state index in [2.05, 4.69) is 10.1 Å². The molecule has 1 N–H and O–H groups in total. The Bertz CT molecular complexity index is 416. The van der Waals surface area contributed by atoms with Gasteiger partial charge >= 0.3 is 12.0 Å². The van der Waals surface area contributed by atoms with E-state index in [0.717, 1.165) is 18.6 Å². The monoisotopic (exact) mass is 252 g/mol. The average molecular weight is 252 g/mol. The number of hydrogen-bond donors (Lipinski definition) is 1. The molecule has 1 aromatic heterocycles. The van der Waals surface area contributed by atoms with Crippen LogP contribution in [0.25, 0.3) is 0 Å². The Hall–Kier alpha value is -1.98. The number of carbonyl (C=O) groups is 2. The predicted molar refractivity (Wildman–Crippen MR) is 62.8 cm³/mol. The summed E-state index contributed by atoms with van der Waals surface area (Å²) in [5.41, 5.74) is 0. The zero-order valence-corrected chi connectivity index (χ0v) is 10.2. The molecule has 98 valence electrons. The first-order chi connectivity index (χ1) is 8.72. The zero-order valence-electron chi connectivity index (χ0n) is 10.2. The molecule has 0 saturated carbocycles. The molecule has 1 aromatic rings. The predicted octanol–water partition coefficient (Wildman–Crippen LogP) is 1.30.